The van der Waals surface area contributed by atoms with E-state index in [1.807, 2.05) is 0 Å². The second kappa shape index (κ2) is 6.12. The molecule has 0 amide bonds. The van der Waals surface area contributed by atoms with Gasteiger partial charge in [-0.2, -0.15) is 0 Å². The lowest BCUT2D eigenvalue weighted by Crippen LogP contribution is -2.17. The third-order valence-electron chi connectivity index (χ3n) is 3.31. The van der Waals surface area contributed by atoms with Crippen LogP contribution < -0.4 is 14.2 Å². The summed E-state index contributed by atoms with van der Waals surface area (Å²) in [5.41, 5.74) is 0.452. The topological polar surface area (TPSA) is 81.7 Å². The van der Waals surface area contributed by atoms with Gasteiger partial charge in [-0.3, -0.25) is 9.52 Å². The highest BCUT2D eigenvalue weighted by molar-refractivity contribution is 7.92. The van der Waals surface area contributed by atoms with Crippen LogP contribution in [0.4, 0.5) is 10.1 Å². The highest BCUT2D eigenvalue weighted by Gasteiger charge is 2.23. The molecule has 1 heterocycles. The van der Waals surface area contributed by atoms with Gasteiger partial charge in [-0.1, -0.05) is 0 Å². The van der Waals surface area contributed by atoms with Crippen LogP contribution in [0.2, 0.25) is 0 Å². The van der Waals surface area contributed by atoms with Crippen molar-refractivity contribution in [2.45, 2.75) is 6.42 Å². The molecule has 0 aromatic heterocycles. The Bertz CT molecular complexity index is 893. The summed E-state index contributed by atoms with van der Waals surface area (Å²) < 4.78 is 49.5. The highest BCUT2D eigenvalue weighted by atomic mass is 32.2. The van der Waals surface area contributed by atoms with Crippen LogP contribution in [0.15, 0.2) is 36.4 Å². The van der Waals surface area contributed by atoms with Crippen LogP contribution >= 0.6 is 0 Å². The van der Waals surface area contributed by atoms with Crippen molar-refractivity contribution in [3.63, 3.8) is 0 Å². The number of halogens is 1. The molecule has 0 unspecified atom stereocenters. The number of ether oxygens (including phenoxy) is 2. The summed E-state index contributed by atoms with van der Waals surface area (Å²) in [6, 6.07) is 8.06. The van der Waals surface area contributed by atoms with Gasteiger partial charge in [0, 0.05) is 12.5 Å². The molecule has 8 heteroatoms. The Balaban J connectivity index is 2.05. The fourth-order valence-corrected chi connectivity index (χ4v) is 2.84. The van der Waals surface area contributed by atoms with E-state index in [0.717, 1.165) is 6.26 Å². The maximum Gasteiger partial charge on any atom is 0.229 e. The third-order valence-corrected chi connectivity index (χ3v) is 3.90. The van der Waals surface area contributed by atoms with Crippen LogP contribution in [0, 0.1) is 5.82 Å². The summed E-state index contributed by atoms with van der Waals surface area (Å²) in [6.45, 7) is 0.238. The van der Waals surface area contributed by atoms with E-state index in [1.165, 1.54) is 36.4 Å². The van der Waals surface area contributed by atoms with Crippen molar-refractivity contribution < 1.29 is 27.1 Å². The molecule has 6 nitrogen and oxygen atoms in total. The van der Waals surface area contributed by atoms with Crippen LogP contribution in [0.25, 0.3) is 0 Å². The van der Waals surface area contributed by atoms with Crippen molar-refractivity contribution in [3.8, 4) is 17.2 Å². The normalized spacial score (nSPS) is 13.8. The molecule has 126 valence electrons. The summed E-state index contributed by atoms with van der Waals surface area (Å²) in [5.74, 6) is 0.183. The quantitative estimate of drug-likeness (QED) is 0.916. The van der Waals surface area contributed by atoms with Crippen LogP contribution in [-0.4, -0.2) is 27.1 Å². The summed E-state index contributed by atoms with van der Waals surface area (Å²) in [7, 11) is -3.57. The number of carbonyl (C=O) groups is 1. The van der Waals surface area contributed by atoms with Gasteiger partial charge < -0.3 is 9.47 Å². The molecule has 2 aromatic rings. The lowest BCUT2D eigenvalue weighted by atomic mass is 10.0. The molecule has 0 saturated carbocycles. The number of anilines is 1. The van der Waals surface area contributed by atoms with Crippen molar-refractivity contribution in [3.05, 3.63) is 47.8 Å². The average molecular weight is 351 g/mol. The summed E-state index contributed by atoms with van der Waals surface area (Å²) >= 11 is 0. The van der Waals surface area contributed by atoms with Crippen LogP contribution in [0.3, 0.4) is 0 Å². The van der Waals surface area contributed by atoms with Crippen molar-refractivity contribution >= 4 is 21.5 Å². The number of hydrogen-bond acceptors (Lipinski definition) is 5. The molecule has 24 heavy (non-hydrogen) atoms. The molecule has 0 radical (unpaired) electrons. The lowest BCUT2D eigenvalue weighted by molar-refractivity contribution is 0.0933. The number of fused-ring (bicyclic) bond motifs is 1. The van der Waals surface area contributed by atoms with Crippen molar-refractivity contribution in [2.24, 2.45) is 0 Å². The molecule has 1 aliphatic rings. The summed E-state index contributed by atoms with van der Waals surface area (Å²) in [5, 5.41) is 0. The van der Waals surface area contributed by atoms with E-state index in [-0.39, 0.29) is 30.2 Å². The Morgan fingerprint density at radius 2 is 1.92 bits per heavy atom. The van der Waals surface area contributed by atoms with Gasteiger partial charge in [-0.15, -0.1) is 0 Å². The van der Waals surface area contributed by atoms with E-state index in [4.69, 9.17) is 9.47 Å². The maximum atomic E-state index is 13.0. The first-order valence-electron chi connectivity index (χ1n) is 7.07. The number of nitrogens with one attached hydrogen (secondary N) is 1. The highest BCUT2D eigenvalue weighted by Crippen LogP contribution is 2.38. The van der Waals surface area contributed by atoms with Crippen molar-refractivity contribution in [1.29, 1.82) is 0 Å². The van der Waals surface area contributed by atoms with Crippen molar-refractivity contribution in [1.82, 2.24) is 0 Å². The Morgan fingerprint density at radius 3 is 2.58 bits per heavy atom. The minimum Gasteiger partial charge on any atom is -0.492 e. The van der Waals surface area contributed by atoms with Gasteiger partial charge in [0.25, 0.3) is 0 Å². The van der Waals surface area contributed by atoms with Crippen molar-refractivity contribution in [2.75, 3.05) is 17.6 Å². The Morgan fingerprint density at radius 1 is 1.21 bits per heavy atom. The smallest absolute Gasteiger partial charge is 0.229 e. The maximum absolute atomic E-state index is 13.0. The first-order chi connectivity index (χ1) is 11.3. The van der Waals surface area contributed by atoms with Gasteiger partial charge in [0.2, 0.25) is 10.0 Å². The van der Waals surface area contributed by atoms with Crippen LogP contribution in [0.5, 0.6) is 17.2 Å². The molecule has 2 aromatic carbocycles. The zero-order valence-electron chi connectivity index (χ0n) is 12.7. The first kappa shape index (κ1) is 16.3. The van der Waals surface area contributed by atoms with Crippen LogP contribution in [-0.2, 0) is 10.0 Å². The molecule has 1 N–H and O–H groups in total. The second-order valence-electron chi connectivity index (χ2n) is 5.30. The number of benzene rings is 2. The average Bonchev–Trinajstić information content (AvgIpc) is 2.49. The van der Waals surface area contributed by atoms with E-state index in [0.29, 0.717) is 17.1 Å². The molecule has 0 atom stereocenters. The summed E-state index contributed by atoms with van der Waals surface area (Å²) in [4.78, 5) is 12.0. The number of rotatable bonds is 4. The number of carbonyl (C=O) groups excluding carboxylic acids is 1. The predicted molar refractivity (Wildman–Crippen MR) is 85.8 cm³/mol. The summed E-state index contributed by atoms with van der Waals surface area (Å²) in [6.07, 6.45) is 1.24. The first-order valence-corrected chi connectivity index (χ1v) is 8.96. The molecule has 0 aliphatic carbocycles. The van der Waals surface area contributed by atoms with E-state index in [9.17, 15) is 17.6 Å². The standard InChI is InChI=1S/C16H14FNO5S/c1-24(20,21)18-13-9-15-12(14(19)6-7-22-15)8-16(13)23-11-4-2-10(17)3-5-11/h2-5,8-9,18H,6-7H2,1H3. The lowest BCUT2D eigenvalue weighted by Gasteiger charge is -2.20. The minimum absolute atomic E-state index is 0.119. The van der Waals surface area contributed by atoms with E-state index < -0.39 is 15.8 Å². The fourth-order valence-electron chi connectivity index (χ4n) is 2.28. The number of Topliss-reactive ketones (excluding diaryl/α,β-unsaturated/α-hetero) is 1. The number of hydrogen-bond donors (Lipinski definition) is 1. The molecule has 3 rings (SSSR count). The Kier molecular flexibility index (Phi) is 4.15. The van der Waals surface area contributed by atoms with Gasteiger partial charge in [0.05, 0.1) is 24.1 Å². The number of sulfonamides is 1. The van der Waals surface area contributed by atoms with Gasteiger partial charge in [0.15, 0.2) is 11.5 Å². The van der Waals surface area contributed by atoms with Gasteiger partial charge in [-0.25, -0.2) is 12.8 Å². The third kappa shape index (κ3) is 3.65. The molecule has 0 spiro atoms. The molecule has 0 bridgehead atoms. The Hall–Kier alpha value is -2.61. The fraction of sp³-hybridized carbons (Fsp3) is 0.188. The molecule has 0 saturated heterocycles. The largest absolute Gasteiger partial charge is 0.492 e. The SMILES string of the molecule is CS(=O)(=O)Nc1cc2c(cc1Oc1ccc(F)cc1)C(=O)CCO2. The minimum atomic E-state index is -3.57. The zero-order valence-corrected chi connectivity index (χ0v) is 13.5. The van der Waals surface area contributed by atoms with E-state index >= 15 is 0 Å². The monoisotopic (exact) mass is 351 g/mol. The van der Waals surface area contributed by atoms with Gasteiger partial charge >= 0.3 is 0 Å². The molecular formula is C16H14FNO5S. The molecular weight excluding hydrogens is 337 g/mol. The van der Waals surface area contributed by atoms with E-state index in [1.54, 1.807) is 0 Å². The predicted octanol–water partition coefficient (Wildman–Crippen LogP) is 2.95. The Labute approximate surface area is 138 Å². The van der Waals surface area contributed by atoms with Gasteiger partial charge in [0.1, 0.15) is 17.3 Å². The van der Waals surface area contributed by atoms with E-state index in [2.05, 4.69) is 4.72 Å². The van der Waals surface area contributed by atoms with Crippen LogP contribution in [0.1, 0.15) is 16.8 Å². The molecule has 1 aliphatic heterocycles. The number of ketones is 1. The second-order valence-corrected chi connectivity index (χ2v) is 7.04. The molecule has 0 fully saturated rings. The van der Waals surface area contributed by atoms with Gasteiger partial charge in [-0.05, 0) is 30.3 Å². The zero-order chi connectivity index (χ0) is 17.3.